The molecule has 1 aliphatic rings. The third kappa shape index (κ3) is 4.68. The zero-order valence-electron chi connectivity index (χ0n) is 15.9. The summed E-state index contributed by atoms with van der Waals surface area (Å²) in [5, 5.41) is 8.87. The summed E-state index contributed by atoms with van der Waals surface area (Å²) in [4.78, 5) is 28.2. The second kappa shape index (κ2) is 9.05. The van der Waals surface area contributed by atoms with Gasteiger partial charge in [-0.15, -0.1) is 0 Å². The van der Waals surface area contributed by atoms with Crippen LogP contribution in [0.2, 0.25) is 0 Å². The van der Waals surface area contributed by atoms with E-state index in [0.29, 0.717) is 25.1 Å². The van der Waals surface area contributed by atoms with Crippen molar-refractivity contribution in [3.8, 4) is 11.8 Å². The molecule has 0 spiro atoms. The molecule has 0 unspecified atom stereocenters. The van der Waals surface area contributed by atoms with Gasteiger partial charge in [-0.2, -0.15) is 5.26 Å². The molecule has 3 rings (SSSR count). The molecule has 0 aromatic heterocycles. The van der Waals surface area contributed by atoms with Crippen LogP contribution in [0.15, 0.2) is 48.5 Å². The molecule has 2 aromatic carbocycles. The monoisotopic (exact) mass is 377 g/mol. The second-order valence-electron chi connectivity index (χ2n) is 6.72. The summed E-state index contributed by atoms with van der Waals surface area (Å²) in [5.74, 6) is 0.735. The van der Waals surface area contributed by atoms with E-state index in [1.807, 2.05) is 24.3 Å². The first-order valence-corrected chi connectivity index (χ1v) is 9.32. The molecule has 1 aliphatic heterocycles. The lowest BCUT2D eigenvalue weighted by Gasteiger charge is -2.34. The molecule has 0 atom stereocenters. The summed E-state index contributed by atoms with van der Waals surface area (Å²) in [7, 11) is 1.63. The van der Waals surface area contributed by atoms with E-state index in [-0.39, 0.29) is 18.4 Å². The third-order valence-corrected chi connectivity index (χ3v) is 4.90. The zero-order chi connectivity index (χ0) is 19.9. The van der Waals surface area contributed by atoms with Crippen molar-refractivity contribution in [2.45, 2.75) is 19.3 Å². The number of ether oxygens (including phenoxy) is 1. The smallest absolute Gasteiger partial charge is 0.246 e. The Labute approximate surface area is 164 Å². The van der Waals surface area contributed by atoms with E-state index >= 15 is 0 Å². The molecule has 1 saturated heterocycles. The Morgan fingerprint density at radius 3 is 2.43 bits per heavy atom. The average Bonchev–Trinajstić information content (AvgIpc) is 2.74. The summed E-state index contributed by atoms with van der Waals surface area (Å²) in [6, 6.07) is 16.8. The van der Waals surface area contributed by atoms with Gasteiger partial charge in [0.2, 0.25) is 11.8 Å². The van der Waals surface area contributed by atoms with Crippen LogP contribution in [0.1, 0.15) is 24.0 Å². The molecule has 0 bridgehead atoms. The summed E-state index contributed by atoms with van der Waals surface area (Å²) in [5.41, 5.74) is 2.48. The number of benzene rings is 2. The third-order valence-electron chi connectivity index (χ3n) is 4.90. The second-order valence-corrected chi connectivity index (χ2v) is 6.72. The van der Waals surface area contributed by atoms with Gasteiger partial charge >= 0.3 is 0 Å². The van der Waals surface area contributed by atoms with E-state index in [0.717, 1.165) is 29.8 Å². The van der Waals surface area contributed by atoms with Crippen LogP contribution in [-0.4, -0.2) is 43.5 Å². The van der Waals surface area contributed by atoms with E-state index < -0.39 is 0 Å². The Bertz CT molecular complexity index is 869. The predicted molar refractivity (Wildman–Crippen MR) is 106 cm³/mol. The summed E-state index contributed by atoms with van der Waals surface area (Å²) in [6.45, 7) is 1.09. The van der Waals surface area contributed by atoms with Crippen LogP contribution in [0, 0.1) is 11.3 Å². The van der Waals surface area contributed by atoms with Gasteiger partial charge in [0, 0.05) is 25.2 Å². The number of nitrogens with zero attached hydrogens (tertiary/aromatic N) is 3. The molecule has 2 amide bonds. The largest absolute Gasteiger partial charge is 0.497 e. The molecular formula is C22H23N3O3. The number of rotatable bonds is 6. The lowest BCUT2D eigenvalue weighted by molar-refractivity contribution is -0.136. The molecule has 6 nitrogen and oxygen atoms in total. The highest BCUT2D eigenvalue weighted by atomic mass is 16.5. The van der Waals surface area contributed by atoms with Crippen molar-refractivity contribution in [1.82, 2.24) is 4.90 Å². The first-order valence-electron chi connectivity index (χ1n) is 9.32. The normalized spacial score (nSPS) is 13.9. The standard InChI is InChI=1S/C22H23N3O3/c1-28-20-11-7-17(8-12-20)3-2-4-21(26)24-13-14-25(22(27)16-24)19-9-5-18(15-23)6-10-19/h5-12H,2-4,13-14,16H2,1H3. The summed E-state index contributed by atoms with van der Waals surface area (Å²) < 4.78 is 5.14. The lowest BCUT2D eigenvalue weighted by Crippen LogP contribution is -2.52. The van der Waals surface area contributed by atoms with E-state index in [4.69, 9.17) is 10.00 Å². The molecule has 0 aliphatic carbocycles. The minimum atomic E-state index is -0.0977. The maximum Gasteiger partial charge on any atom is 0.246 e. The number of anilines is 1. The molecule has 0 saturated carbocycles. The number of piperazine rings is 1. The number of carbonyl (C=O) groups excluding carboxylic acids is 2. The Morgan fingerprint density at radius 2 is 1.82 bits per heavy atom. The van der Waals surface area contributed by atoms with Gasteiger partial charge in [-0.25, -0.2) is 0 Å². The van der Waals surface area contributed by atoms with Crippen LogP contribution in [0.4, 0.5) is 5.69 Å². The van der Waals surface area contributed by atoms with E-state index in [1.165, 1.54) is 0 Å². The van der Waals surface area contributed by atoms with Gasteiger partial charge in [-0.3, -0.25) is 9.59 Å². The van der Waals surface area contributed by atoms with Crippen LogP contribution in [0.25, 0.3) is 0 Å². The molecule has 0 N–H and O–H groups in total. The minimum absolute atomic E-state index is 0.0151. The van der Waals surface area contributed by atoms with Crippen molar-refractivity contribution in [2.24, 2.45) is 0 Å². The van der Waals surface area contributed by atoms with E-state index in [2.05, 4.69) is 6.07 Å². The van der Waals surface area contributed by atoms with Crippen molar-refractivity contribution in [1.29, 1.82) is 5.26 Å². The first-order chi connectivity index (χ1) is 13.6. The van der Waals surface area contributed by atoms with Gasteiger partial charge in [-0.1, -0.05) is 12.1 Å². The van der Waals surface area contributed by atoms with Crippen molar-refractivity contribution in [3.63, 3.8) is 0 Å². The van der Waals surface area contributed by atoms with Crippen molar-refractivity contribution in [3.05, 3.63) is 59.7 Å². The first kappa shape index (κ1) is 19.4. The molecule has 0 radical (unpaired) electrons. The number of aryl methyl sites for hydroxylation is 1. The van der Waals surface area contributed by atoms with Crippen molar-refractivity contribution in [2.75, 3.05) is 31.6 Å². The van der Waals surface area contributed by atoms with Gasteiger partial charge in [0.15, 0.2) is 0 Å². The van der Waals surface area contributed by atoms with Crippen LogP contribution in [0.5, 0.6) is 5.75 Å². The predicted octanol–water partition coefficient (Wildman–Crippen LogP) is 2.76. The molecule has 144 valence electrons. The highest BCUT2D eigenvalue weighted by Gasteiger charge is 2.27. The molecule has 6 heteroatoms. The number of nitriles is 1. The molecule has 2 aromatic rings. The van der Waals surface area contributed by atoms with Gasteiger partial charge in [0.25, 0.3) is 0 Å². The van der Waals surface area contributed by atoms with Gasteiger partial charge < -0.3 is 14.5 Å². The Kier molecular flexibility index (Phi) is 6.28. The molecule has 1 fully saturated rings. The Balaban J connectivity index is 1.48. The van der Waals surface area contributed by atoms with Crippen molar-refractivity contribution < 1.29 is 14.3 Å². The van der Waals surface area contributed by atoms with Gasteiger partial charge in [0.1, 0.15) is 12.3 Å². The van der Waals surface area contributed by atoms with Crippen molar-refractivity contribution >= 4 is 17.5 Å². The average molecular weight is 377 g/mol. The molecule has 28 heavy (non-hydrogen) atoms. The Morgan fingerprint density at radius 1 is 1.11 bits per heavy atom. The maximum absolute atomic E-state index is 12.5. The highest BCUT2D eigenvalue weighted by Crippen LogP contribution is 2.19. The van der Waals surface area contributed by atoms with Crippen LogP contribution in [-0.2, 0) is 16.0 Å². The van der Waals surface area contributed by atoms with Crippen LogP contribution < -0.4 is 9.64 Å². The topological polar surface area (TPSA) is 73.6 Å². The number of methoxy groups -OCH3 is 1. The fourth-order valence-corrected chi connectivity index (χ4v) is 3.27. The zero-order valence-corrected chi connectivity index (χ0v) is 15.9. The molecule has 1 heterocycles. The van der Waals surface area contributed by atoms with E-state index in [1.54, 1.807) is 41.2 Å². The highest BCUT2D eigenvalue weighted by molar-refractivity contribution is 5.97. The summed E-state index contributed by atoms with van der Waals surface area (Å²) in [6.07, 6.45) is 1.99. The van der Waals surface area contributed by atoms with Crippen LogP contribution >= 0.6 is 0 Å². The van der Waals surface area contributed by atoms with Crippen LogP contribution in [0.3, 0.4) is 0 Å². The Hall–Kier alpha value is -3.33. The number of hydrogen-bond donors (Lipinski definition) is 0. The molecular weight excluding hydrogens is 354 g/mol. The van der Waals surface area contributed by atoms with Gasteiger partial charge in [0.05, 0.1) is 18.7 Å². The minimum Gasteiger partial charge on any atom is -0.497 e. The summed E-state index contributed by atoms with van der Waals surface area (Å²) >= 11 is 0. The van der Waals surface area contributed by atoms with Gasteiger partial charge in [-0.05, 0) is 54.8 Å². The quantitative estimate of drug-likeness (QED) is 0.776. The van der Waals surface area contributed by atoms with E-state index in [9.17, 15) is 9.59 Å². The number of hydrogen-bond acceptors (Lipinski definition) is 4. The maximum atomic E-state index is 12.5. The fraction of sp³-hybridized carbons (Fsp3) is 0.318. The number of carbonyl (C=O) groups is 2. The fourth-order valence-electron chi connectivity index (χ4n) is 3.27. The lowest BCUT2D eigenvalue weighted by atomic mass is 10.1. The number of amides is 2. The SMILES string of the molecule is COc1ccc(CCCC(=O)N2CCN(c3ccc(C#N)cc3)C(=O)C2)cc1.